The molecule has 0 aliphatic heterocycles. The molecule has 106 valence electrons. The highest BCUT2D eigenvalue weighted by Crippen LogP contribution is 2.25. The summed E-state index contributed by atoms with van der Waals surface area (Å²) in [6, 6.07) is 0. The Hall–Kier alpha value is -1.49. The first-order valence-electron chi connectivity index (χ1n) is 7.13. The fourth-order valence-electron chi connectivity index (χ4n) is 2.89. The second-order valence-corrected chi connectivity index (χ2v) is 6.45. The van der Waals surface area contributed by atoms with E-state index >= 15 is 0 Å². The Morgan fingerprint density at radius 1 is 1.40 bits per heavy atom. The number of aryl methyl sites for hydroxylation is 1. The molecule has 0 bridgehead atoms. The van der Waals surface area contributed by atoms with Gasteiger partial charge in [-0.1, -0.05) is 19.3 Å². The van der Waals surface area contributed by atoms with E-state index < -0.39 is 0 Å². The number of rotatable bonds is 3. The minimum atomic E-state index is -0.0859. The molecule has 1 aliphatic carbocycles. The molecule has 20 heavy (non-hydrogen) atoms. The van der Waals surface area contributed by atoms with Gasteiger partial charge in [-0.25, -0.2) is 4.98 Å². The Balaban J connectivity index is 1.85. The third-order valence-electron chi connectivity index (χ3n) is 4.11. The lowest BCUT2D eigenvalue weighted by atomic mass is 9.86. The molecule has 0 amide bonds. The molecule has 5 heteroatoms. The quantitative estimate of drug-likeness (QED) is 0.873. The Kier molecular flexibility index (Phi) is 3.70. The van der Waals surface area contributed by atoms with E-state index in [1.807, 2.05) is 12.3 Å². The number of fused-ring (bicyclic) bond motifs is 1. The molecule has 0 saturated heterocycles. The molecule has 2 aromatic heterocycles. The van der Waals surface area contributed by atoms with E-state index in [1.165, 1.54) is 28.7 Å². The van der Waals surface area contributed by atoms with Crippen LogP contribution >= 0.6 is 11.3 Å². The normalized spacial score (nSPS) is 16.6. The number of aromatic nitrogens is 2. The van der Waals surface area contributed by atoms with Gasteiger partial charge in [0, 0.05) is 5.92 Å². The lowest BCUT2D eigenvalue weighted by molar-refractivity contribution is -0.124. The van der Waals surface area contributed by atoms with Crippen LogP contribution in [0.1, 0.15) is 37.7 Å². The fourth-order valence-corrected chi connectivity index (χ4v) is 3.84. The van der Waals surface area contributed by atoms with Crippen LogP contribution in [-0.2, 0) is 11.3 Å². The molecule has 1 fully saturated rings. The number of hydrogen-bond acceptors (Lipinski definition) is 4. The molecule has 2 heterocycles. The number of thiophene rings is 1. The molecule has 3 rings (SSSR count). The van der Waals surface area contributed by atoms with Gasteiger partial charge in [0.25, 0.3) is 5.56 Å². The number of nitrogens with zero attached hydrogens (tertiary/aromatic N) is 2. The standard InChI is InChI=1S/C15H18N2O2S/c1-10-8-20-14-13(10)16-9-17(15(14)19)7-12(18)11-5-3-2-4-6-11/h8-9,11H,2-7H2,1H3. The van der Waals surface area contributed by atoms with Gasteiger partial charge in [-0.15, -0.1) is 11.3 Å². The van der Waals surface area contributed by atoms with Crippen molar-refractivity contribution in [3.05, 3.63) is 27.6 Å². The van der Waals surface area contributed by atoms with Crippen LogP contribution in [0.2, 0.25) is 0 Å². The monoisotopic (exact) mass is 290 g/mol. The molecule has 2 aromatic rings. The number of hydrogen-bond donors (Lipinski definition) is 0. The minimum Gasteiger partial charge on any atom is -0.297 e. The molecular weight excluding hydrogens is 272 g/mol. The molecule has 0 radical (unpaired) electrons. The van der Waals surface area contributed by atoms with Gasteiger partial charge in [0.2, 0.25) is 0 Å². The highest BCUT2D eigenvalue weighted by molar-refractivity contribution is 7.17. The number of Topliss-reactive ketones (excluding diaryl/α,β-unsaturated/α-hetero) is 1. The van der Waals surface area contributed by atoms with E-state index in [4.69, 9.17) is 0 Å². The average molecular weight is 290 g/mol. The predicted molar refractivity (Wildman–Crippen MR) is 80.2 cm³/mol. The smallest absolute Gasteiger partial charge is 0.271 e. The highest BCUT2D eigenvalue weighted by atomic mass is 32.1. The zero-order valence-electron chi connectivity index (χ0n) is 11.6. The summed E-state index contributed by atoms with van der Waals surface area (Å²) >= 11 is 1.41. The van der Waals surface area contributed by atoms with Crippen LogP contribution in [0.25, 0.3) is 10.2 Å². The largest absolute Gasteiger partial charge is 0.297 e. The molecule has 0 N–H and O–H groups in total. The van der Waals surface area contributed by atoms with Crippen molar-refractivity contribution in [1.82, 2.24) is 9.55 Å². The van der Waals surface area contributed by atoms with Gasteiger partial charge in [-0.05, 0) is 30.7 Å². The van der Waals surface area contributed by atoms with Crippen molar-refractivity contribution in [1.29, 1.82) is 0 Å². The van der Waals surface area contributed by atoms with Crippen molar-refractivity contribution in [2.75, 3.05) is 0 Å². The zero-order valence-corrected chi connectivity index (χ0v) is 12.4. The van der Waals surface area contributed by atoms with Crippen LogP contribution in [0, 0.1) is 12.8 Å². The molecule has 1 aliphatic rings. The molecule has 0 spiro atoms. The summed E-state index contributed by atoms with van der Waals surface area (Å²) < 4.78 is 2.12. The second-order valence-electron chi connectivity index (χ2n) is 5.58. The first kappa shape index (κ1) is 13.5. The van der Waals surface area contributed by atoms with Crippen LogP contribution in [0.3, 0.4) is 0 Å². The van der Waals surface area contributed by atoms with Gasteiger partial charge in [0.1, 0.15) is 4.70 Å². The summed E-state index contributed by atoms with van der Waals surface area (Å²) in [6.45, 7) is 2.12. The molecule has 1 saturated carbocycles. The van der Waals surface area contributed by atoms with E-state index in [0.717, 1.165) is 36.8 Å². The maximum Gasteiger partial charge on any atom is 0.271 e. The van der Waals surface area contributed by atoms with Crippen molar-refractivity contribution in [2.45, 2.75) is 45.6 Å². The first-order valence-corrected chi connectivity index (χ1v) is 8.00. The molecule has 0 aromatic carbocycles. The minimum absolute atomic E-state index is 0.0859. The van der Waals surface area contributed by atoms with E-state index in [1.54, 1.807) is 0 Å². The summed E-state index contributed by atoms with van der Waals surface area (Å²) in [5.74, 6) is 0.317. The number of ketones is 1. The Morgan fingerprint density at radius 3 is 2.90 bits per heavy atom. The van der Waals surface area contributed by atoms with E-state index in [0.29, 0.717) is 4.70 Å². The van der Waals surface area contributed by atoms with Gasteiger partial charge in [-0.2, -0.15) is 0 Å². The zero-order chi connectivity index (χ0) is 14.1. The summed E-state index contributed by atoms with van der Waals surface area (Å²) in [5, 5.41) is 1.94. The van der Waals surface area contributed by atoms with Gasteiger partial charge in [0.15, 0.2) is 5.78 Å². The van der Waals surface area contributed by atoms with Gasteiger partial charge in [0.05, 0.1) is 18.4 Å². The van der Waals surface area contributed by atoms with Gasteiger partial charge < -0.3 is 0 Å². The van der Waals surface area contributed by atoms with Gasteiger partial charge in [-0.3, -0.25) is 14.2 Å². The summed E-state index contributed by atoms with van der Waals surface area (Å²) in [4.78, 5) is 28.9. The van der Waals surface area contributed by atoms with Crippen molar-refractivity contribution < 1.29 is 4.79 Å². The Bertz CT molecular complexity index is 695. The Morgan fingerprint density at radius 2 is 2.15 bits per heavy atom. The molecule has 0 unspecified atom stereocenters. The van der Waals surface area contributed by atoms with Gasteiger partial charge >= 0.3 is 0 Å². The van der Waals surface area contributed by atoms with Crippen LogP contribution in [0.5, 0.6) is 0 Å². The topological polar surface area (TPSA) is 52.0 Å². The lowest BCUT2D eigenvalue weighted by Crippen LogP contribution is -2.28. The summed E-state index contributed by atoms with van der Waals surface area (Å²) in [5.41, 5.74) is 1.70. The summed E-state index contributed by atoms with van der Waals surface area (Å²) in [7, 11) is 0. The van der Waals surface area contributed by atoms with Crippen molar-refractivity contribution in [3.63, 3.8) is 0 Å². The maximum absolute atomic E-state index is 12.3. The first-order chi connectivity index (χ1) is 9.66. The molecule has 4 nitrogen and oxygen atoms in total. The molecule has 0 atom stereocenters. The summed E-state index contributed by atoms with van der Waals surface area (Å²) in [6.07, 6.45) is 6.96. The van der Waals surface area contributed by atoms with E-state index in [9.17, 15) is 9.59 Å². The number of carbonyl (C=O) groups is 1. The fraction of sp³-hybridized carbons (Fsp3) is 0.533. The van der Waals surface area contributed by atoms with Crippen molar-refractivity contribution in [3.8, 4) is 0 Å². The van der Waals surface area contributed by atoms with Crippen LogP contribution in [0.4, 0.5) is 0 Å². The van der Waals surface area contributed by atoms with Crippen molar-refractivity contribution >= 4 is 27.3 Å². The SMILES string of the molecule is Cc1csc2c(=O)n(CC(=O)C3CCCCC3)cnc12. The third-order valence-corrected chi connectivity index (χ3v) is 5.19. The maximum atomic E-state index is 12.3. The van der Waals surface area contributed by atoms with Crippen LogP contribution in [-0.4, -0.2) is 15.3 Å². The second kappa shape index (κ2) is 5.48. The predicted octanol–water partition coefficient (Wildman–Crippen LogP) is 2.92. The highest BCUT2D eigenvalue weighted by Gasteiger charge is 2.22. The number of carbonyl (C=O) groups excluding carboxylic acids is 1. The third kappa shape index (κ3) is 2.42. The average Bonchev–Trinajstić information content (AvgIpc) is 2.85. The van der Waals surface area contributed by atoms with Crippen LogP contribution < -0.4 is 5.56 Å². The van der Waals surface area contributed by atoms with E-state index in [-0.39, 0.29) is 23.8 Å². The lowest BCUT2D eigenvalue weighted by Gasteiger charge is -2.20. The molecular formula is C15H18N2O2S. The van der Waals surface area contributed by atoms with Crippen LogP contribution in [0.15, 0.2) is 16.5 Å². The van der Waals surface area contributed by atoms with Crippen molar-refractivity contribution in [2.24, 2.45) is 5.92 Å². The van der Waals surface area contributed by atoms with E-state index in [2.05, 4.69) is 4.98 Å². The Labute approximate surface area is 121 Å².